The molecule has 0 saturated carbocycles. The SMILES string of the molecule is COC(C)(C)CCC(O)CC1CCS(=O)(=O)C1. The largest absolute Gasteiger partial charge is 0.393 e. The van der Waals surface area contributed by atoms with E-state index in [2.05, 4.69) is 0 Å². The molecule has 1 aliphatic rings. The van der Waals surface area contributed by atoms with Crippen molar-refractivity contribution in [2.24, 2.45) is 5.92 Å². The Balaban J connectivity index is 2.29. The van der Waals surface area contributed by atoms with Crippen LogP contribution in [-0.4, -0.2) is 43.8 Å². The van der Waals surface area contributed by atoms with Crippen LogP contribution in [0.25, 0.3) is 0 Å². The van der Waals surface area contributed by atoms with E-state index in [0.29, 0.717) is 19.3 Å². The molecule has 0 radical (unpaired) electrons. The van der Waals surface area contributed by atoms with E-state index in [1.54, 1.807) is 7.11 Å². The first-order chi connectivity index (χ1) is 7.74. The van der Waals surface area contributed by atoms with Crippen molar-refractivity contribution in [1.29, 1.82) is 0 Å². The molecule has 0 aromatic heterocycles. The van der Waals surface area contributed by atoms with Crippen molar-refractivity contribution < 1.29 is 18.3 Å². The monoisotopic (exact) mass is 264 g/mol. The average molecular weight is 264 g/mol. The topological polar surface area (TPSA) is 63.6 Å². The van der Waals surface area contributed by atoms with Gasteiger partial charge >= 0.3 is 0 Å². The normalized spacial score (nSPS) is 26.0. The maximum atomic E-state index is 11.3. The van der Waals surface area contributed by atoms with Crippen LogP contribution in [0.1, 0.15) is 39.5 Å². The predicted octanol–water partition coefficient (Wildman–Crippen LogP) is 1.38. The van der Waals surface area contributed by atoms with Gasteiger partial charge in [0.15, 0.2) is 9.84 Å². The van der Waals surface area contributed by atoms with E-state index in [4.69, 9.17) is 4.74 Å². The lowest BCUT2D eigenvalue weighted by atomic mass is 9.94. The number of methoxy groups -OCH3 is 1. The van der Waals surface area contributed by atoms with E-state index >= 15 is 0 Å². The summed E-state index contributed by atoms with van der Waals surface area (Å²) in [4.78, 5) is 0. The maximum absolute atomic E-state index is 11.3. The highest BCUT2D eigenvalue weighted by atomic mass is 32.2. The standard InChI is InChI=1S/C12H24O4S/c1-12(2,16-3)6-4-11(13)8-10-5-7-17(14,15)9-10/h10-11,13H,4-9H2,1-3H3. The minimum absolute atomic E-state index is 0.139. The van der Waals surface area contributed by atoms with Crippen molar-refractivity contribution >= 4 is 9.84 Å². The molecular weight excluding hydrogens is 240 g/mol. The first kappa shape index (κ1) is 14.9. The van der Waals surface area contributed by atoms with Crippen LogP contribution in [0.4, 0.5) is 0 Å². The van der Waals surface area contributed by atoms with E-state index < -0.39 is 15.9 Å². The minimum Gasteiger partial charge on any atom is -0.393 e. The fraction of sp³-hybridized carbons (Fsp3) is 1.00. The molecule has 0 bridgehead atoms. The van der Waals surface area contributed by atoms with Crippen molar-refractivity contribution in [2.75, 3.05) is 18.6 Å². The second-order valence-corrected chi connectivity index (χ2v) is 7.89. The molecule has 0 amide bonds. The van der Waals surface area contributed by atoms with Gasteiger partial charge in [-0.15, -0.1) is 0 Å². The number of sulfone groups is 1. The molecule has 17 heavy (non-hydrogen) atoms. The van der Waals surface area contributed by atoms with E-state index in [-0.39, 0.29) is 23.0 Å². The lowest BCUT2D eigenvalue weighted by Gasteiger charge is -2.24. The summed E-state index contributed by atoms with van der Waals surface area (Å²) in [5.41, 5.74) is -0.220. The third-order valence-electron chi connectivity index (χ3n) is 3.56. The van der Waals surface area contributed by atoms with E-state index in [1.807, 2.05) is 13.8 Å². The molecule has 2 atom stereocenters. The Kier molecular flexibility index (Phi) is 4.98. The van der Waals surface area contributed by atoms with Gasteiger partial charge in [0.25, 0.3) is 0 Å². The van der Waals surface area contributed by atoms with Gasteiger partial charge in [-0.05, 0) is 45.4 Å². The quantitative estimate of drug-likeness (QED) is 0.787. The van der Waals surface area contributed by atoms with Crippen LogP contribution >= 0.6 is 0 Å². The van der Waals surface area contributed by atoms with Crippen LogP contribution in [0, 0.1) is 5.92 Å². The summed E-state index contributed by atoms with van der Waals surface area (Å²) in [6, 6.07) is 0. The van der Waals surface area contributed by atoms with Gasteiger partial charge in [-0.2, -0.15) is 0 Å². The van der Waals surface area contributed by atoms with Gasteiger partial charge in [0.05, 0.1) is 23.2 Å². The van der Waals surface area contributed by atoms with Crippen LogP contribution in [-0.2, 0) is 14.6 Å². The molecule has 102 valence electrons. The van der Waals surface area contributed by atoms with Crippen molar-refractivity contribution in [3.63, 3.8) is 0 Å². The second kappa shape index (κ2) is 5.67. The lowest BCUT2D eigenvalue weighted by molar-refractivity contribution is 0.000988. The van der Waals surface area contributed by atoms with Crippen molar-refractivity contribution in [3.05, 3.63) is 0 Å². The summed E-state index contributed by atoms with van der Waals surface area (Å²) < 4.78 is 27.9. The summed E-state index contributed by atoms with van der Waals surface area (Å²) >= 11 is 0. The third kappa shape index (κ3) is 5.36. The lowest BCUT2D eigenvalue weighted by Crippen LogP contribution is -2.25. The summed E-state index contributed by atoms with van der Waals surface area (Å²) in [6.07, 6.45) is 2.33. The molecule has 5 heteroatoms. The number of ether oxygens (including phenoxy) is 1. The fourth-order valence-corrected chi connectivity index (χ4v) is 4.06. The van der Waals surface area contributed by atoms with Crippen LogP contribution in [0.5, 0.6) is 0 Å². The predicted molar refractivity (Wildman–Crippen MR) is 67.7 cm³/mol. The third-order valence-corrected chi connectivity index (χ3v) is 5.40. The van der Waals surface area contributed by atoms with Gasteiger partial charge in [-0.25, -0.2) is 8.42 Å². The first-order valence-corrected chi connectivity index (χ1v) is 8.00. The zero-order chi connectivity index (χ0) is 13.1. The summed E-state index contributed by atoms with van der Waals surface area (Å²) in [7, 11) is -1.16. The molecule has 0 aliphatic carbocycles. The molecule has 2 unspecified atom stereocenters. The Morgan fingerprint density at radius 2 is 2.12 bits per heavy atom. The first-order valence-electron chi connectivity index (χ1n) is 6.18. The molecule has 1 rings (SSSR count). The smallest absolute Gasteiger partial charge is 0.150 e. The molecule has 1 aliphatic heterocycles. The molecule has 1 heterocycles. The van der Waals surface area contributed by atoms with Gasteiger partial charge in [0.2, 0.25) is 0 Å². The summed E-state index contributed by atoms with van der Waals surface area (Å²) in [5.74, 6) is 0.673. The maximum Gasteiger partial charge on any atom is 0.150 e. The van der Waals surface area contributed by atoms with Gasteiger partial charge in [-0.3, -0.25) is 0 Å². The van der Waals surface area contributed by atoms with Crippen LogP contribution in [0.15, 0.2) is 0 Å². The fourth-order valence-electron chi connectivity index (χ4n) is 2.18. The van der Waals surface area contributed by atoms with E-state index in [0.717, 1.165) is 6.42 Å². The zero-order valence-corrected chi connectivity index (χ0v) is 11.8. The average Bonchev–Trinajstić information content (AvgIpc) is 2.55. The molecule has 1 fully saturated rings. The highest BCUT2D eigenvalue weighted by molar-refractivity contribution is 7.91. The van der Waals surface area contributed by atoms with E-state index in [1.165, 1.54) is 0 Å². The molecule has 0 aromatic rings. The Labute approximate surface area is 104 Å². The highest BCUT2D eigenvalue weighted by Crippen LogP contribution is 2.25. The number of hydrogen-bond donors (Lipinski definition) is 1. The molecule has 1 N–H and O–H groups in total. The Bertz CT molecular complexity index is 334. The molecule has 1 saturated heterocycles. The minimum atomic E-state index is -2.82. The van der Waals surface area contributed by atoms with Crippen molar-refractivity contribution in [1.82, 2.24) is 0 Å². The Morgan fingerprint density at radius 1 is 1.47 bits per heavy atom. The summed E-state index contributed by atoms with van der Waals surface area (Å²) in [5, 5.41) is 9.89. The van der Waals surface area contributed by atoms with Crippen LogP contribution < -0.4 is 0 Å². The van der Waals surface area contributed by atoms with Gasteiger partial charge in [0.1, 0.15) is 0 Å². The Hall–Kier alpha value is -0.130. The van der Waals surface area contributed by atoms with Crippen LogP contribution in [0.2, 0.25) is 0 Å². The molecular formula is C12H24O4S. The van der Waals surface area contributed by atoms with Crippen molar-refractivity contribution in [3.8, 4) is 0 Å². The van der Waals surface area contributed by atoms with Gasteiger partial charge in [-0.1, -0.05) is 0 Å². The highest BCUT2D eigenvalue weighted by Gasteiger charge is 2.29. The number of aliphatic hydroxyl groups excluding tert-OH is 1. The number of aliphatic hydroxyl groups is 1. The molecule has 0 aromatic carbocycles. The van der Waals surface area contributed by atoms with Crippen LogP contribution in [0.3, 0.4) is 0 Å². The van der Waals surface area contributed by atoms with Gasteiger partial charge < -0.3 is 9.84 Å². The van der Waals surface area contributed by atoms with Gasteiger partial charge in [0, 0.05) is 7.11 Å². The number of rotatable bonds is 6. The number of hydrogen-bond acceptors (Lipinski definition) is 4. The Morgan fingerprint density at radius 3 is 2.59 bits per heavy atom. The second-order valence-electron chi connectivity index (χ2n) is 5.66. The molecule has 4 nitrogen and oxygen atoms in total. The summed E-state index contributed by atoms with van der Waals surface area (Å²) in [6.45, 7) is 3.97. The van der Waals surface area contributed by atoms with Crippen molar-refractivity contribution in [2.45, 2.75) is 51.2 Å². The molecule has 0 spiro atoms. The van der Waals surface area contributed by atoms with E-state index in [9.17, 15) is 13.5 Å². The zero-order valence-electron chi connectivity index (χ0n) is 11.0.